The fraction of sp³-hybridized carbons (Fsp3) is 0.182. The van der Waals surface area contributed by atoms with Gasteiger partial charge >= 0.3 is 0 Å². The van der Waals surface area contributed by atoms with Gasteiger partial charge in [0.2, 0.25) is 0 Å². The molecule has 25 heavy (non-hydrogen) atoms. The van der Waals surface area contributed by atoms with E-state index in [2.05, 4.69) is 53.8 Å². The molecule has 0 spiro atoms. The number of phenols is 1. The van der Waals surface area contributed by atoms with Crippen molar-refractivity contribution in [1.82, 2.24) is 0 Å². The average Bonchev–Trinajstić information content (AvgIpc) is 2.68. The molecule has 4 rings (SSSR count). The number of nitrogens with one attached hydrogen (secondary N) is 1. The summed E-state index contributed by atoms with van der Waals surface area (Å²) in [6.07, 6.45) is 0. The number of rotatable bonds is 3. The Labute approximate surface area is 147 Å². The standard InChI is InChI=1S/C22H21NO2/c1-23-17-9-7-16(8-10-17)22-19-12-11-18(24)13-21(19)25-14-20(22)15-5-3-2-4-6-15/h2-13,20,22-24H,14H2,1H3. The van der Waals surface area contributed by atoms with Crippen molar-refractivity contribution in [3.8, 4) is 11.5 Å². The second kappa shape index (κ2) is 6.52. The normalized spacial score (nSPS) is 18.9. The Morgan fingerprint density at radius 1 is 0.920 bits per heavy atom. The predicted molar refractivity (Wildman–Crippen MR) is 101 cm³/mol. The minimum absolute atomic E-state index is 0.192. The van der Waals surface area contributed by atoms with E-state index in [0.717, 1.165) is 17.0 Å². The van der Waals surface area contributed by atoms with Crippen LogP contribution in [0, 0.1) is 0 Å². The molecule has 0 radical (unpaired) electrons. The molecule has 2 N–H and O–H groups in total. The maximum absolute atomic E-state index is 9.81. The van der Waals surface area contributed by atoms with Crippen molar-refractivity contribution >= 4 is 5.69 Å². The lowest BCUT2D eigenvalue weighted by Crippen LogP contribution is -2.25. The first-order valence-corrected chi connectivity index (χ1v) is 8.54. The number of hydrogen-bond donors (Lipinski definition) is 2. The van der Waals surface area contributed by atoms with E-state index in [-0.39, 0.29) is 17.6 Å². The number of phenolic OH excluding ortho intramolecular Hbond substituents is 1. The summed E-state index contributed by atoms with van der Waals surface area (Å²) >= 11 is 0. The highest BCUT2D eigenvalue weighted by Gasteiger charge is 2.33. The van der Waals surface area contributed by atoms with E-state index >= 15 is 0 Å². The number of fused-ring (bicyclic) bond motifs is 1. The summed E-state index contributed by atoms with van der Waals surface area (Å²) in [5.41, 5.74) is 4.74. The van der Waals surface area contributed by atoms with Crippen molar-refractivity contribution in [2.45, 2.75) is 11.8 Å². The Balaban J connectivity index is 1.83. The zero-order chi connectivity index (χ0) is 17.2. The molecule has 0 saturated heterocycles. The average molecular weight is 331 g/mol. The van der Waals surface area contributed by atoms with Crippen LogP contribution in [-0.2, 0) is 0 Å². The van der Waals surface area contributed by atoms with Gasteiger partial charge in [-0.1, -0.05) is 48.5 Å². The molecule has 3 heteroatoms. The third kappa shape index (κ3) is 2.93. The maximum Gasteiger partial charge on any atom is 0.126 e. The van der Waals surface area contributed by atoms with Gasteiger partial charge in [-0.05, 0) is 29.3 Å². The molecule has 1 aliphatic heterocycles. The number of hydrogen-bond acceptors (Lipinski definition) is 3. The third-order valence-corrected chi connectivity index (χ3v) is 4.94. The van der Waals surface area contributed by atoms with Crippen LogP contribution in [0.4, 0.5) is 5.69 Å². The van der Waals surface area contributed by atoms with Gasteiger partial charge in [0, 0.05) is 36.2 Å². The van der Waals surface area contributed by atoms with E-state index in [0.29, 0.717) is 6.61 Å². The second-order valence-electron chi connectivity index (χ2n) is 6.40. The predicted octanol–water partition coefficient (Wildman–Crippen LogP) is 4.74. The number of anilines is 1. The molecule has 0 saturated carbocycles. The summed E-state index contributed by atoms with van der Waals surface area (Å²) in [5, 5.41) is 13.0. The second-order valence-corrected chi connectivity index (χ2v) is 6.40. The highest BCUT2D eigenvalue weighted by molar-refractivity contribution is 5.52. The Kier molecular flexibility index (Phi) is 4.06. The fourth-order valence-corrected chi connectivity index (χ4v) is 3.66. The zero-order valence-corrected chi connectivity index (χ0v) is 14.1. The van der Waals surface area contributed by atoms with Crippen molar-refractivity contribution in [2.75, 3.05) is 19.0 Å². The van der Waals surface area contributed by atoms with Crippen LogP contribution in [0.3, 0.4) is 0 Å². The summed E-state index contributed by atoms with van der Waals surface area (Å²) in [6, 6.07) is 24.5. The zero-order valence-electron chi connectivity index (χ0n) is 14.1. The highest BCUT2D eigenvalue weighted by atomic mass is 16.5. The molecule has 3 aromatic rings. The number of aromatic hydroxyl groups is 1. The third-order valence-electron chi connectivity index (χ3n) is 4.94. The number of ether oxygens (including phenoxy) is 1. The van der Waals surface area contributed by atoms with Crippen LogP contribution in [-0.4, -0.2) is 18.8 Å². The molecular weight excluding hydrogens is 310 g/mol. The largest absolute Gasteiger partial charge is 0.508 e. The Morgan fingerprint density at radius 3 is 2.40 bits per heavy atom. The quantitative estimate of drug-likeness (QED) is 0.728. The van der Waals surface area contributed by atoms with Crippen LogP contribution in [0.25, 0.3) is 0 Å². The molecular formula is C22H21NO2. The summed E-state index contributed by atoms with van der Waals surface area (Å²) in [7, 11) is 1.92. The lowest BCUT2D eigenvalue weighted by molar-refractivity contribution is 0.248. The van der Waals surface area contributed by atoms with Gasteiger partial charge in [-0.3, -0.25) is 0 Å². The monoisotopic (exact) mass is 331 g/mol. The van der Waals surface area contributed by atoms with Gasteiger partial charge in [-0.2, -0.15) is 0 Å². The molecule has 0 fully saturated rings. The van der Waals surface area contributed by atoms with Gasteiger partial charge in [0.1, 0.15) is 11.5 Å². The van der Waals surface area contributed by atoms with Gasteiger partial charge in [-0.25, -0.2) is 0 Å². The van der Waals surface area contributed by atoms with E-state index in [1.807, 2.05) is 19.2 Å². The van der Waals surface area contributed by atoms with Gasteiger partial charge in [0.15, 0.2) is 0 Å². The Hall–Kier alpha value is -2.94. The molecule has 0 bridgehead atoms. The van der Waals surface area contributed by atoms with E-state index in [1.54, 1.807) is 12.1 Å². The minimum Gasteiger partial charge on any atom is -0.508 e. The maximum atomic E-state index is 9.81. The van der Waals surface area contributed by atoms with Crippen LogP contribution >= 0.6 is 0 Å². The van der Waals surface area contributed by atoms with Crippen LogP contribution in [0.15, 0.2) is 72.8 Å². The molecule has 1 aliphatic rings. The van der Waals surface area contributed by atoms with Gasteiger partial charge in [0.05, 0.1) is 6.61 Å². The molecule has 1 heterocycles. The molecule has 2 unspecified atom stereocenters. The van der Waals surface area contributed by atoms with Crippen LogP contribution in [0.1, 0.15) is 28.5 Å². The summed E-state index contributed by atoms with van der Waals surface area (Å²) < 4.78 is 6.00. The molecule has 0 aliphatic carbocycles. The first-order valence-electron chi connectivity index (χ1n) is 8.54. The molecule has 0 aromatic heterocycles. The summed E-state index contributed by atoms with van der Waals surface area (Å²) in [4.78, 5) is 0. The molecule has 3 aromatic carbocycles. The topological polar surface area (TPSA) is 41.5 Å². The first kappa shape index (κ1) is 15.6. The van der Waals surface area contributed by atoms with Crippen molar-refractivity contribution in [2.24, 2.45) is 0 Å². The lowest BCUT2D eigenvalue weighted by Gasteiger charge is -2.34. The molecule has 0 amide bonds. The Morgan fingerprint density at radius 2 is 1.68 bits per heavy atom. The van der Waals surface area contributed by atoms with E-state index in [1.165, 1.54) is 11.1 Å². The SMILES string of the molecule is CNc1ccc(C2c3ccc(O)cc3OCC2c2ccccc2)cc1. The van der Waals surface area contributed by atoms with Crippen LogP contribution in [0.5, 0.6) is 11.5 Å². The molecule has 3 nitrogen and oxygen atoms in total. The smallest absolute Gasteiger partial charge is 0.126 e. The van der Waals surface area contributed by atoms with Crippen molar-refractivity contribution < 1.29 is 9.84 Å². The van der Waals surface area contributed by atoms with Crippen molar-refractivity contribution in [1.29, 1.82) is 0 Å². The Bertz CT molecular complexity index is 859. The lowest BCUT2D eigenvalue weighted by atomic mass is 9.76. The van der Waals surface area contributed by atoms with Gasteiger partial charge in [-0.15, -0.1) is 0 Å². The van der Waals surface area contributed by atoms with Crippen LogP contribution < -0.4 is 10.1 Å². The van der Waals surface area contributed by atoms with E-state index < -0.39 is 0 Å². The van der Waals surface area contributed by atoms with Gasteiger partial charge < -0.3 is 15.2 Å². The fourth-order valence-electron chi connectivity index (χ4n) is 3.66. The summed E-state index contributed by atoms with van der Waals surface area (Å²) in [5.74, 6) is 1.44. The van der Waals surface area contributed by atoms with E-state index in [4.69, 9.17) is 4.74 Å². The van der Waals surface area contributed by atoms with Crippen LogP contribution in [0.2, 0.25) is 0 Å². The highest BCUT2D eigenvalue weighted by Crippen LogP contribution is 2.46. The number of benzene rings is 3. The van der Waals surface area contributed by atoms with E-state index in [9.17, 15) is 5.11 Å². The molecule has 2 atom stereocenters. The molecule has 126 valence electrons. The first-order chi connectivity index (χ1) is 12.3. The summed E-state index contributed by atoms with van der Waals surface area (Å²) in [6.45, 7) is 0.596. The van der Waals surface area contributed by atoms with Crippen molar-refractivity contribution in [3.05, 3.63) is 89.5 Å². The van der Waals surface area contributed by atoms with Crippen molar-refractivity contribution in [3.63, 3.8) is 0 Å². The van der Waals surface area contributed by atoms with Gasteiger partial charge in [0.25, 0.3) is 0 Å². The minimum atomic E-state index is 0.192.